The van der Waals surface area contributed by atoms with Gasteiger partial charge in [0.05, 0.1) is 11.0 Å². The fourth-order valence-corrected chi connectivity index (χ4v) is 9.25. The molecule has 3 aromatic heterocycles. The second-order valence-electron chi connectivity index (χ2n) is 14.0. The zero-order valence-corrected chi connectivity index (χ0v) is 31.0. The first-order valence-electron chi connectivity index (χ1n) is 18.8. The molecule has 56 heavy (non-hydrogen) atoms. The minimum absolute atomic E-state index is 0.636. The molecule has 4 nitrogen and oxygen atoms in total. The van der Waals surface area contributed by atoms with E-state index >= 15 is 0 Å². The first-order chi connectivity index (χ1) is 27.8. The molecule has 0 spiro atoms. The van der Waals surface area contributed by atoms with Crippen LogP contribution in [-0.2, 0) is 0 Å². The van der Waals surface area contributed by atoms with Crippen LogP contribution < -0.4 is 0 Å². The van der Waals surface area contributed by atoms with E-state index in [-0.39, 0.29) is 0 Å². The topological polar surface area (TPSA) is 43.6 Å². The molecule has 0 aliphatic heterocycles. The molecule has 0 saturated carbocycles. The Labute approximate surface area is 327 Å². The molecule has 11 rings (SSSR count). The van der Waals surface area contributed by atoms with Crippen molar-refractivity contribution in [3.8, 4) is 62.1 Å². The van der Waals surface area contributed by atoms with Crippen LogP contribution in [0.15, 0.2) is 194 Å². The average Bonchev–Trinajstić information content (AvgIpc) is 3.82. The summed E-state index contributed by atoms with van der Waals surface area (Å²) in [5, 5.41) is 4.94. The lowest BCUT2D eigenvalue weighted by molar-refractivity contribution is 1.08. The van der Waals surface area contributed by atoms with Crippen molar-refractivity contribution in [1.82, 2.24) is 19.5 Å². The van der Waals surface area contributed by atoms with Gasteiger partial charge in [-0.15, -0.1) is 11.3 Å². The van der Waals surface area contributed by atoms with Crippen molar-refractivity contribution in [1.29, 1.82) is 0 Å². The van der Waals surface area contributed by atoms with E-state index < -0.39 is 0 Å². The molecule has 0 unspecified atom stereocenters. The molecule has 262 valence electrons. The van der Waals surface area contributed by atoms with E-state index in [2.05, 4.69) is 193 Å². The van der Waals surface area contributed by atoms with Crippen molar-refractivity contribution in [2.24, 2.45) is 0 Å². The van der Waals surface area contributed by atoms with Gasteiger partial charge in [0.25, 0.3) is 0 Å². The van der Waals surface area contributed by atoms with Gasteiger partial charge in [0, 0.05) is 53.3 Å². The highest BCUT2D eigenvalue weighted by molar-refractivity contribution is 7.26. The molecule has 0 aliphatic rings. The minimum Gasteiger partial charge on any atom is -0.309 e. The van der Waals surface area contributed by atoms with Crippen molar-refractivity contribution in [3.05, 3.63) is 194 Å². The number of para-hydroxylation sites is 2. The highest BCUT2D eigenvalue weighted by Crippen LogP contribution is 2.41. The number of thiophene rings is 1. The molecule has 5 heteroatoms. The van der Waals surface area contributed by atoms with Gasteiger partial charge in [-0.2, -0.15) is 0 Å². The van der Waals surface area contributed by atoms with Crippen LogP contribution in [0, 0.1) is 0 Å². The molecular weight excluding hydrogens is 701 g/mol. The lowest BCUT2D eigenvalue weighted by Gasteiger charge is -2.13. The maximum Gasteiger partial charge on any atom is 0.165 e. The summed E-state index contributed by atoms with van der Waals surface area (Å²) in [6, 6.07) is 68.5. The van der Waals surface area contributed by atoms with Gasteiger partial charge in [0.15, 0.2) is 17.5 Å². The summed E-state index contributed by atoms with van der Waals surface area (Å²) in [4.78, 5) is 15.6. The molecule has 0 bridgehead atoms. The summed E-state index contributed by atoms with van der Waals surface area (Å²) >= 11 is 1.79. The van der Waals surface area contributed by atoms with E-state index in [0.29, 0.717) is 17.5 Å². The number of hydrogen-bond donors (Lipinski definition) is 0. The van der Waals surface area contributed by atoms with E-state index in [0.717, 1.165) is 44.6 Å². The Morgan fingerprint density at radius 1 is 0.339 bits per heavy atom. The minimum atomic E-state index is 0.636. The Morgan fingerprint density at radius 3 is 1.73 bits per heavy atom. The van der Waals surface area contributed by atoms with Crippen molar-refractivity contribution < 1.29 is 0 Å². The number of benzene rings is 8. The molecule has 0 atom stereocenters. The molecule has 0 saturated heterocycles. The summed E-state index contributed by atoms with van der Waals surface area (Å²) in [5.41, 5.74) is 10.9. The first-order valence-corrected chi connectivity index (χ1v) is 19.6. The maximum absolute atomic E-state index is 5.23. The quantitative estimate of drug-likeness (QED) is 0.171. The van der Waals surface area contributed by atoms with E-state index in [1.54, 1.807) is 11.3 Å². The van der Waals surface area contributed by atoms with Crippen LogP contribution >= 0.6 is 11.3 Å². The van der Waals surface area contributed by atoms with E-state index in [1.807, 2.05) is 6.07 Å². The van der Waals surface area contributed by atoms with Crippen molar-refractivity contribution >= 4 is 53.3 Å². The van der Waals surface area contributed by atoms with Gasteiger partial charge in [-0.05, 0) is 58.7 Å². The Bertz CT molecular complexity index is 3240. The fourth-order valence-electron chi connectivity index (χ4n) is 8.03. The van der Waals surface area contributed by atoms with Crippen molar-refractivity contribution in [2.45, 2.75) is 0 Å². The molecular formula is C51H32N4S. The number of aromatic nitrogens is 4. The molecule has 0 fully saturated rings. The van der Waals surface area contributed by atoms with Crippen molar-refractivity contribution in [3.63, 3.8) is 0 Å². The molecule has 8 aromatic carbocycles. The lowest BCUT2D eigenvalue weighted by Crippen LogP contribution is -2.01. The summed E-state index contributed by atoms with van der Waals surface area (Å²) in [5.74, 6) is 1.94. The second-order valence-corrected chi connectivity index (χ2v) is 15.0. The van der Waals surface area contributed by atoms with Gasteiger partial charge in [0.1, 0.15) is 0 Å². The molecule has 11 aromatic rings. The molecule has 0 N–H and O–H groups in total. The summed E-state index contributed by atoms with van der Waals surface area (Å²) in [6.07, 6.45) is 0. The Hall–Kier alpha value is -7.21. The SMILES string of the molecule is c1ccc(-c2ccccc2-c2nc(-c3ccc(-c4ccc5c6ccccc6n(-c6ccccc6)c5c4)cc3)nc(-c3cccc4c3sc3ccccc34)n2)cc1. The maximum atomic E-state index is 5.23. The predicted octanol–water partition coefficient (Wildman–Crippen LogP) is 13.7. The Morgan fingerprint density at radius 2 is 0.911 bits per heavy atom. The predicted molar refractivity (Wildman–Crippen MR) is 234 cm³/mol. The third kappa shape index (κ3) is 5.40. The van der Waals surface area contributed by atoms with Crippen LogP contribution in [0.3, 0.4) is 0 Å². The largest absolute Gasteiger partial charge is 0.309 e. The molecule has 0 aliphatic carbocycles. The molecule has 0 amide bonds. The van der Waals surface area contributed by atoms with Gasteiger partial charge in [-0.25, -0.2) is 15.0 Å². The zero-order chi connectivity index (χ0) is 37.0. The number of rotatable bonds is 6. The van der Waals surface area contributed by atoms with Gasteiger partial charge >= 0.3 is 0 Å². The van der Waals surface area contributed by atoms with Crippen LogP contribution in [0.25, 0.3) is 104 Å². The summed E-state index contributed by atoms with van der Waals surface area (Å²) in [6.45, 7) is 0. The Kier molecular flexibility index (Phi) is 7.64. The van der Waals surface area contributed by atoms with Gasteiger partial charge in [-0.1, -0.05) is 158 Å². The van der Waals surface area contributed by atoms with Crippen LogP contribution in [0.5, 0.6) is 0 Å². The van der Waals surface area contributed by atoms with Crippen LogP contribution in [0.4, 0.5) is 0 Å². The summed E-state index contributed by atoms with van der Waals surface area (Å²) in [7, 11) is 0. The molecule has 3 heterocycles. The summed E-state index contributed by atoms with van der Waals surface area (Å²) < 4.78 is 4.78. The highest BCUT2D eigenvalue weighted by atomic mass is 32.1. The smallest absolute Gasteiger partial charge is 0.165 e. The van der Waals surface area contributed by atoms with E-state index in [1.165, 1.54) is 42.0 Å². The van der Waals surface area contributed by atoms with Gasteiger partial charge in [0.2, 0.25) is 0 Å². The van der Waals surface area contributed by atoms with E-state index in [9.17, 15) is 0 Å². The van der Waals surface area contributed by atoms with Gasteiger partial charge < -0.3 is 4.57 Å². The number of hydrogen-bond acceptors (Lipinski definition) is 4. The van der Waals surface area contributed by atoms with Crippen LogP contribution in [-0.4, -0.2) is 19.5 Å². The number of nitrogens with zero attached hydrogens (tertiary/aromatic N) is 4. The van der Waals surface area contributed by atoms with Crippen molar-refractivity contribution in [2.75, 3.05) is 0 Å². The third-order valence-electron chi connectivity index (χ3n) is 10.7. The zero-order valence-electron chi connectivity index (χ0n) is 30.2. The van der Waals surface area contributed by atoms with Crippen LogP contribution in [0.2, 0.25) is 0 Å². The standard InChI is InChI=1S/C51H32N4S/c1-3-14-34(15-4-1)38-18-7-8-21-43(38)50-52-49(53-51(54-50)44-23-13-22-42-41-20-10-12-25-47(41)56-48(42)44)35-28-26-33(27-29-35)36-30-31-40-39-19-9-11-24-45(39)55(46(40)32-36)37-16-5-2-6-17-37/h1-32H. The van der Waals surface area contributed by atoms with E-state index in [4.69, 9.17) is 15.0 Å². The number of fused-ring (bicyclic) bond motifs is 6. The lowest BCUT2D eigenvalue weighted by atomic mass is 9.99. The van der Waals surface area contributed by atoms with Gasteiger partial charge in [-0.3, -0.25) is 0 Å². The first kappa shape index (κ1) is 32.2. The highest BCUT2D eigenvalue weighted by Gasteiger charge is 2.19. The molecule has 0 radical (unpaired) electrons. The van der Waals surface area contributed by atoms with Crippen LogP contribution in [0.1, 0.15) is 0 Å². The average molecular weight is 733 g/mol. The fraction of sp³-hybridized carbons (Fsp3) is 0. The monoisotopic (exact) mass is 732 g/mol. The Balaban J connectivity index is 1.06. The third-order valence-corrected chi connectivity index (χ3v) is 11.9. The second kappa shape index (κ2) is 13.3. The normalized spacial score (nSPS) is 11.6.